The molecule has 0 aromatic heterocycles. The van der Waals surface area contributed by atoms with Crippen LogP contribution in [0, 0.1) is 142 Å². The Kier molecular flexibility index (Phi) is 143. The Labute approximate surface area is 157 Å². The fraction of sp³-hybridized carbons (Fsp3) is 0. The van der Waals surface area contributed by atoms with Crippen LogP contribution in [0.2, 0.25) is 0 Å². The van der Waals surface area contributed by atoms with Crippen LogP contribution in [0.25, 0.3) is 0 Å². The van der Waals surface area contributed by atoms with Gasteiger partial charge in [0.05, 0.1) is 0 Å². The van der Waals surface area contributed by atoms with Gasteiger partial charge in [-0.15, -0.1) is 0 Å². The Morgan fingerprint density at radius 2 is 0.400 bits per heavy atom. The quantitative estimate of drug-likeness (QED) is 0.323. The monoisotopic (exact) mass is 625 g/mol. The van der Waals surface area contributed by atoms with Crippen LogP contribution in [0.15, 0.2) is 0 Å². The van der Waals surface area contributed by atoms with E-state index >= 15 is 0 Å². The average molecular weight is 625 g/mol. The standard InChI is InChI=1S/Ga.4La. The molecule has 0 atom stereocenters. The predicted octanol–water partition coefficient (Wildman–Crippen LogP) is -0.381. The maximum Gasteiger partial charge on any atom is 0 e. The van der Waals surface area contributed by atoms with E-state index in [1.165, 1.54) is 0 Å². The zero-order chi connectivity index (χ0) is 0. The second kappa shape index (κ2) is 22.7. The van der Waals surface area contributed by atoms with E-state index in [1.54, 1.807) is 0 Å². The molecule has 0 bridgehead atoms. The van der Waals surface area contributed by atoms with E-state index in [2.05, 4.69) is 0 Å². The van der Waals surface area contributed by atoms with E-state index in [-0.39, 0.29) is 162 Å². The van der Waals surface area contributed by atoms with Gasteiger partial charge in [-0.1, -0.05) is 0 Å². The third-order valence-electron chi connectivity index (χ3n) is 0. The van der Waals surface area contributed by atoms with Crippen LogP contribution in [0.3, 0.4) is 0 Å². The van der Waals surface area contributed by atoms with Gasteiger partial charge in [-0.3, -0.25) is 0 Å². The van der Waals surface area contributed by atoms with Crippen LogP contribution >= 0.6 is 0 Å². The fourth-order valence-electron chi connectivity index (χ4n) is 0. The van der Waals surface area contributed by atoms with E-state index in [4.69, 9.17) is 0 Å². The molecule has 0 nitrogen and oxygen atoms in total. The molecule has 0 fully saturated rings. The van der Waals surface area contributed by atoms with Crippen molar-refractivity contribution in [2.75, 3.05) is 0 Å². The van der Waals surface area contributed by atoms with Gasteiger partial charge in [-0.25, -0.2) is 0 Å². The maximum absolute atomic E-state index is 0. The minimum Gasteiger partial charge on any atom is 0 e. The summed E-state index contributed by atoms with van der Waals surface area (Å²) in [6, 6.07) is 0. The van der Waals surface area contributed by atoms with Crippen molar-refractivity contribution in [2.45, 2.75) is 0 Å². The molecule has 0 aliphatic rings. The van der Waals surface area contributed by atoms with Crippen LogP contribution in [0.4, 0.5) is 0 Å². The fourth-order valence-corrected chi connectivity index (χ4v) is 0. The van der Waals surface area contributed by atoms with Crippen LogP contribution in [-0.2, 0) is 0 Å². The molecule has 15 valence electrons. The van der Waals surface area contributed by atoms with Gasteiger partial charge < -0.3 is 0 Å². The summed E-state index contributed by atoms with van der Waals surface area (Å²) in [6.45, 7) is 0. The Morgan fingerprint density at radius 1 is 0.400 bits per heavy atom. The first-order chi connectivity index (χ1) is 0. The molecule has 0 N–H and O–H groups in total. The third kappa shape index (κ3) is 17.7. The summed E-state index contributed by atoms with van der Waals surface area (Å²) >= 11 is 0. The molecule has 0 rings (SSSR count). The molecular formula is GaLa4. The van der Waals surface area contributed by atoms with E-state index < -0.39 is 0 Å². The first-order valence-electron chi connectivity index (χ1n) is 0. The molecule has 0 heterocycles. The molecular weight excluding hydrogens is 625 g/mol. The van der Waals surface area contributed by atoms with E-state index in [9.17, 15) is 0 Å². The summed E-state index contributed by atoms with van der Waals surface area (Å²) in [5, 5.41) is 0. The number of hydrogen-bond donors (Lipinski definition) is 0. The van der Waals surface area contributed by atoms with Gasteiger partial charge in [0.15, 0.2) is 0 Å². The van der Waals surface area contributed by atoms with Gasteiger partial charge in [0.2, 0.25) is 0 Å². The second-order valence-electron chi connectivity index (χ2n) is 0. The summed E-state index contributed by atoms with van der Waals surface area (Å²) in [5.74, 6) is 0. The molecule has 5 heteroatoms. The molecule has 0 aromatic rings. The van der Waals surface area contributed by atoms with Gasteiger partial charge >= 0.3 is 0 Å². The first kappa shape index (κ1) is 31.5. The number of rotatable bonds is 0. The van der Waals surface area contributed by atoms with Crippen LogP contribution < -0.4 is 0 Å². The Morgan fingerprint density at radius 3 is 0.400 bits per heavy atom. The SMILES string of the molecule is [Ga].[La].[La].[La].[La]. The molecule has 0 saturated heterocycles. The van der Waals surface area contributed by atoms with Crippen molar-refractivity contribution in [1.29, 1.82) is 0 Å². The van der Waals surface area contributed by atoms with Crippen molar-refractivity contribution < 1.29 is 142 Å². The zero-order valence-corrected chi connectivity index (χ0v) is 19.8. The topological polar surface area (TPSA) is 0 Å². The van der Waals surface area contributed by atoms with Gasteiger partial charge in [0.25, 0.3) is 0 Å². The largest absolute Gasteiger partial charge is 0 e. The van der Waals surface area contributed by atoms with Crippen molar-refractivity contribution in [1.82, 2.24) is 0 Å². The molecule has 0 unspecified atom stereocenters. The smallest absolute Gasteiger partial charge is 0 e. The van der Waals surface area contributed by atoms with Crippen molar-refractivity contribution in [3.05, 3.63) is 0 Å². The maximum atomic E-state index is 0. The summed E-state index contributed by atoms with van der Waals surface area (Å²) in [6.07, 6.45) is 0. The molecule has 0 saturated carbocycles. The van der Waals surface area contributed by atoms with Crippen molar-refractivity contribution in [3.63, 3.8) is 0 Å². The van der Waals surface area contributed by atoms with Crippen LogP contribution in [0.5, 0.6) is 0 Å². The van der Waals surface area contributed by atoms with Gasteiger partial charge in [0, 0.05) is 162 Å². The zero-order valence-electron chi connectivity index (χ0n) is 2.89. The minimum atomic E-state index is 0. The Balaban J connectivity index is 0. The Hall–Kier alpha value is 5.42. The molecule has 0 spiro atoms. The van der Waals surface area contributed by atoms with Gasteiger partial charge in [0.1, 0.15) is 0 Å². The summed E-state index contributed by atoms with van der Waals surface area (Å²) < 4.78 is 0. The molecule has 7 radical (unpaired) electrons. The molecule has 0 aromatic carbocycles. The van der Waals surface area contributed by atoms with Gasteiger partial charge in [-0.2, -0.15) is 0 Å². The van der Waals surface area contributed by atoms with Crippen molar-refractivity contribution in [2.24, 2.45) is 0 Å². The summed E-state index contributed by atoms with van der Waals surface area (Å²) in [7, 11) is 0. The summed E-state index contributed by atoms with van der Waals surface area (Å²) in [4.78, 5) is 0. The predicted molar refractivity (Wildman–Crippen MR) is 5.75 cm³/mol. The molecule has 0 aliphatic carbocycles. The molecule has 5 heavy (non-hydrogen) atoms. The third-order valence-corrected chi connectivity index (χ3v) is 0. The average Bonchev–Trinajstić information content (AvgIpc) is 0. The first-order valence-corrected chi connectivity index (χ1v) is 0. The second-order valence-corrected chi connectivity index (χ2v) is 0. The minimum absolute atomic E-state index is 0. The van der Waals surface area contributed by atoms with E-state index in [0.29, 0.717) is 0 Å². The van der Waals surface area contributed by atoms with Crippen molar-refractivity contribution in [3.8, 4) is 0 Å². The van der Waals surface area contributed by atoms with E-state index in [0.717, 1.165) is 0 Å². The van der Waals surface area contributed by atoms with Crippen LogP contribution in [-0.4, -0.2) is 19.8 Å². The van der Waals surface area contributed by atoms with E-state index in [1.807, 2.05) is 0 Å². The Bertz CT molecular complexity index is 3.61. The molecule has 0 amide bonds. The normalized spacial score (nSPS) is 0. The summed E-state index contributed by atoms with van der Waals surface area (Å²) in [5.41, 5.74) is 0. The van der Waals surface area contributed by atoms with Crippen LogP contribution in [0.1, 0.15) is 0 Å². The van der Waals surface area contributed by atoms with Crippen molar-refractivity contribution >= 4 is 19.8 Å². The molecule has 0 aliphatic heterocycles. The number of hydrogen-bond acceptors (Lipinski definition) is 0. The van der Waals surface area contributed by atoms with Gasteiger partial charge in [-0.05, 0) is 0 Å².